The molecule has 5 nitrogen and oxygen atoms in total. The van der Waals surface area contributed by atoms with Gasteiger partial charge in [0.25, 0.3) is 5.56 Å². The number of hydrogen-bond acceptors (Lipinski definition) is 5. The highest BCUT2D eigenvalue weighted by Gasteiger charge is 2.38. The van der Waals surface area contributed by atoms with Gasteiger partial charge in [0.2, 0.25) is 0 Å². The first kappa shape index (κ1) is 29.4. The van der Waals surface area contributed by atoms with Crippen molar-refractivity contribution in [1.29, 1.82) is 0 Å². The minimum atomic E-state index is -4.83. The molecule has 1 aliphatic heterocycles. The molecule has 1 unspecified atom stereocenters. The molecule has 0 radical (unpaired) electrons. The summed E-state index contributed by atoms with van der Waals surface area (Å²) in [6, 6.07) is 13.2. The van der Waals surface area contributed by atoms with Crippen LogP contribution in [0.25, 0.3) is 11.1 Å². The first-order valence-corrected chi connectivity index (χ1v) is 13.8. The van der Waals surface area contributed by atoms with Crippen molar-refractivity contribution in [3.8, 4) is 16.9 Å². The third kappa shape index (κ3) is 5.06. The number of benzene rings is 3. The van der Waals surface area contributed by atoms with Crippen LogP contribution in [-0.4, -0.2) is 28.3 Å². The predicted molar refractivity (Wildman–Crippen MR) is 151 cm³/mol. The highest BCUT2D eigenvalue weighted by molar-refractivity contribution is 7.99. The van der Waals surface area contributed by atoms with E-state index in [1.54, 1.807) is 18.2 Å². The van der Waals surface area contributed by atoms with Gasteiger partial charge in [0.15, 0.2) is 11.6 Å². The minimum absolute atomic E-state index is 0.107. The monoisotopic (exact) mass is 600 g/mol. The van der Waals surface area contributed by atoms with Crippen LogP contribution in [0, 0.1) is 25.5 Å². The van der Waals surface area contributed by atoms with Gasteiger partial charge in [-0.1, -0.05) is 53.2 Å². The fourth-order valence-electron chi connectivity index (χ4n) is 5.39. The number of oxime groups is 1. The molecule has 0 saturated heterocycles. The van der Waals surface area contributed by atoms with Crippen LogP contribution in [0.1, 0.15) is 39.4 Å². The molecular formula is C31H25F5N2O3S. The summed E-state index contributed by atoms with van der Waals surface area (Å²) in [5.74, 6) is -1.82. The van der Waals surface area contributed by atoms with Crippen LogP contribution < -0.4 is 10.3 Å². The highest BCUT2D eigenvalue weighted by Crippen LogP contribution is 2.43. The molecule has 3 aromatic carbocycles. The van der Waals surface area contributed by atoms with Crippen LogP contribution in [0.2, 0.25) is 0 Å². The average molecular weight is 601 g/mol. The topological polar surface area (TPSA) is 63.8 Å². The molecule has 0 bridgehead atoms. The number of halogens is 5. The average Bonchev–Trinajstić information content (AvgIpc) is 3.37. The first-order chi connectivity index (χ1) is 20.0. The van der Waals surface area contributed by atoms with Crippen molar-refractivity contribution in [3.63, 3.8) is 0 Å². The van der Waals surface area contributed by atoms with Crippen LogP contribution in [0.3, 0.4) is 0 Å². The number of aryl methyl sites for hydroxylation is 1. The van der Waals surface area contributed by atoms with Crippen molar-refractivity contribution < 1.29 is 31.9 Å². The molecule has 0 aliphatic carbocycles. The maximum Gasteiger partial charge on any atom is 0.416 e. The van der Waals surface area contributed by atoms with Crippen molar-refractivity contribution in [1.82, 2.24) is 4.57 Å². The fraction of sp³-hybridized carbons (Fsp3) is 0.226. The van der Waals surface area contributed by atoms with Gasteiger partial charge in [-0.25, -0.2) is 8.78 Å². The molecule has 4 aromatic rings. The van der Waals surface area contributed by atoms with E-state index in [2.05, 4.69) is 5.16 Å². The Balaban J connectivity index is 1.82. The smallest absolute Gasteiger partial charge is 0.416 e. The number of fused-ring (bicyclic) bond motifs is 1. The summed E-state index contributed by atoms with van der Waals surface area (Å²) < 4.78 is 78.9. The van der Waals surface area contributed by atoms with Crippen LogP contribution in [0.4, 0.5) is 22.0 Å². The quantitative estimate of drug-likeness (QED) is 0.107. The molecule has 0 saturated carbocycles. The maximum atomic E-state index is 15.6. The molecule has 1 N–H and O–H groups in total. The lowest BCUT2D eigenvalue weighted by molar-refractivity contribution is -0.138. The normalized spacial score (nSPS) is 15.1. The van der Waals surface area contributed by atoms with Gasteiger partial charge in [-0.15, -0.1) is 11.8 Å². The summed E-state index contributed by atoms with van der Waals surface area (Å²) in [5.41, 5.74) is -0.591. The molecule has 0 fully saturated rings. The maximum absolute atomic E-state index is 15.6. The van der Waals surface area contributed by atoms with E-state index in [9.17, 15) is 23.2 Å². The van der Waals surface area contributed by atoms with Gasteiger partial charge >= 0.3 is 6.18 Å². The third-order valence-electron chi connectivity index (χ3n) is 7.39. The van der Waals surface area contributed by atoms with Crippen molar-refractivity contribution in [2.75, 3.05) is 12.9 Å². The largest absolute Gasteiger partial charge is 0.494 e. The summed E-state index contributed by atoms with van der Waals surface area (Å²) in [6.07, 6.45) is -5.35. The molecule has 1 atom stereocenters. The molecular weight excluding hydrogens is 575 g/mol. The van der Waals surface area contributed by atoms with Gasteiger partial charge in [-0.2, -0.15) is 13.2 Å². The van der Waals surface area contributed by atoms with Crippen molar-refractivity contribution >= 4 is 17.5 Å². The zero-order chi connectivity index (χ0) is 30.3. The second kappa shape index (κ2) is 11.3. The van der Waals surface area contributed by atoms with Crippen LogP contribution in [0.5, 0.6) is 5.75 Å². The van der Waals surface area contributed by atoms with Crippen LogP contribution in [-0.2, 0) is 12.6 Å². The number of rotatable bonds is 6. The summed E-state index contributed by atoms with van der Waals surface area (Å²) >= 11 is 1.18. The Morgan fingerprint density at radius 3 is 2.45 bits per heavy atom. The van der Waals surface area contributed by atoms with Gasteiger partial charge in [0, 0.05) is 28.9 Å². The Hall–Kier alpha value is -4.12. The van der Waals surface area contributed by atoms with Gasteiger partial charge in [0.1, 0.15) is 11.5 Å². The number of methoxy groups -OCH3 is 1. The summed E-state index contributed by atoms with van der Waals surface area (Å²) in [7, 11) is 1.27. The van der Waals surface area contributed by atoms with E-state index in [1.165, 1.54) is 48.6 Å². The van der Waals surface area contributed by atoms with E-state index >= 15 is 8.78 Å². The number of alkyl halides is 3. The Morgan fingerprint density at radius 1 is 1.07 bits per heavy atom. The molecule has 0 spiro atoms. The van der Waals surface area contributed by atoms with Crippen molar-refractivity contribution in [2.45, 2.75) is 37.5 Å². The summed E-state index contributed by atoms with van der Waals surface area (Å²) in [4.78, 5) is 14.2. The van der Waals surface area contributed by atoms with E-state index in [1.807, 2.05) is 13.0 Å². The predicted octanol–water partition coefficient (Wildman–Crippen LogP) is 7.55. The molecule has 2 heterocycles. The number of aromatic nitrogens is 1. The second-order valence-corrected chi connectivity index (χ2v) is 10.9. The van der Waals surface area contributed by atoms with Crippen LogP contribution >= 0.6 is 11.8 Å². The van der Waals surface area contributed by atoms with Crippen molar-refractivity contribution in [3.05, 3.63) is 116 Å². The molecule has 11 heteroatoms. The molecule has 1 aromatic heterocycles. The molecule has 1 aliphatic rings. The van der Waals surface area contributed by atoms with Gasteiger partial charge < -0.3 is 9.94 Å². The van der Waals surface area contributed by atoms with Gasteiger partial charge in [-0.3, -0.25) is 9.36 Å². The fourth-order valence-corrected chi connectivity index (χ4v) is 6.76. The summed E-state index contributed by atoms with van der Waals surface area (Å²) in [6.45, 7) is 3.36. The SMILES string of the molecule is COc1cccc(-c2c(C)c(Cc3c(F)cccc3C(F)(F)F)c3n(c2=O)C(C(=NO)c2cccc(C)c2)CS3)c1F. The van der Waals surface area contributed by atoms with E-state index in [4.69, 9.17) is 4.74 Å². The van der Waals surface area contributed by atoms with Crippen LogP contribution in [0.15, 0.2) is 75.6 Å². The lowest BCUT2D eigenvalue weighted by Gasteiger charge is -2.22. The van der Waals surface area contributed by atoms with E-state index in [0.29, 0.717) is 10.6 Å². The van der Waals surface area contributed by atoms with E-state index < -0.39 is 47.0 Å². The molecule has 42 heavy (non-hydrogen) atoms. The third-order valence-corrected chi connectivity index (χ3v) is 8.59. The molecule has 5 rings (SSSR count). The van der Waals surface area contributed by atoms with Gasteiger partial charge in [-0.05, 0) is 43.2 Å². The Labute approximate surface area is 242 Å². The molecule has 0 amide bonds. The van der Waals surface area contributed by atoms with Gasteiger partial charge in [0.05, 0.1) is 29.3 Å². The number of nitrogens with zero attached hydrogens (tertiary/aromatic N) is 2. The first-order valence-electron chi connectivity index (χ1n) is 12.8. The lowest BCUT2D eigenvalue weighted by Crippen LogP contribution is -2.32. The number of ether oxygens (including phenoxy) is 1. The zero-order valence-corrected chi connectivity index (χ0v) is 23.5. The van der Waals surface area contributed by atoms with E-state index in [-0.39, 0.29) is 39.5 Å². The Bertz CT molecular complexity index is 1780. The van der Waals surface area contributed by atoms with Crippen molar-refractivity contribution in [2.24, 2.45) is 5.16 Å². The number of hydrogen-bond donors (Lipinski definition) is 1. The minimum Gasteiger partial charge on any atom is -0.494 e. The van der Waals surface area contributed by atoms with E-state index in [0.717, 1.165) is 23.8 Å². The molecule has 218 valence electrons. The number of pyridine rings is 1. The Kier molecular flexibility index (Phi) is 7.89. The number of thioether (sulfide) groups is 1. The Morgan fingerprint density at radius 2 is 1.79 bits per heavy atom. The summed E-state index contributed by atoms with van der Waals surface area (Å²) in [5, 5.41) is 13.9. The zero-order valence-electron chi connectivity index (χ0n) is 22.7. The standard InChI is InChI=1S/C31H25F5N2O3S/c1-16-7-4-8-18(13-16)28(37-40)24-15-42-30-20(14-21-22(31(34,35)36)10-6-11-23(21)32)17(2)26(29(39)38(24)30)19-9-5-12-25(41-3)27(19)33/h4-13,24,40H,14-15H2,1-3H3. The second-order valence-electron chi connectivity index (χ2n) is 9.90. The lowest BCUT2D eigenvalue weighted by atomic mass is 9.92. The highest BCUT2D eigenvalue weighted by atomic mass is 32.2.